The molecular weight excluding hydrogens is 326 g/mol. The summed E-state index contributed by atoms with van der Waals surface area (Å²) < 4.78 is 51.0. The Morgan fingerprint density at radius 1 is 1.04 bits per heavy atom. The van der Waals surface area contributed by atoms with Crippen molar-refractivity contribution < 1.29 is 22.0 Å². The fraction of sp³-hybridized carbons (Fsp3) is 0.133. The summed E-state index contributed by atoms with van der Waals surface area (Å²) in [7, 11) is -3.86. The molecule has 0 aliphatic carbocycles. The first-order valence-corrected chi connectivity index (χ1v) is 8.25. The Morgan fingerprint density at radius 2 is 1.78 bits per heavy atom. The molecule has 0 spiro atoms. The maximum Gasteiger partial charge on any atom is 0.270 e. The highest BCUT2D eigenvalue weighted by molar-refractivity contribution is 7.89. The normalized spacial score (nSPS) is 16.3. The number of hydrogen-bond donors (Lipinski definition) is 1. The molecule has 0 fully saturated rings. The van der Waals surface area contributed by atoms with Crippen molar-refractivity contribution in [2.45, 2.75) is 11.3 Å². The number of halogens is 2. The van der Waals surface area contributed by atoms with Gasteiger partial charge in [0, 0.05) is 6.54 Å². The third-order valence-corrected chi connectivity index (χ3v) is 4.91. The van der Waals surface area contributed by atoms with Gasteiger partial charge in [0.1, 0.15) is 0 Å². The van der Waals surface area contributed by atoms with Crippen LogP contribution in [0.3, 0.4) is 0 Å². The van der Waals surface area contributed by atoms with Crippen LogP contribution in [-0.4, -0.2) is 25.9 Å². The van der Waals surface area contributed by atoms with Crippen LogP contribution in [0.15, 0.2) is 47.4 Å². The lowest BCUT2D eigenvalue weighted by Gasteiger charge is -2.28. The molecule has 8 heteroatoms. The molecule has 0 saturated carbocycles. The van der Waals surface area contributed by atoms with Gasteiger partial charge in [-0.25, -0.2) is 17.2 Å². The molecule has 2 aromatic carbocycles. The quantitative estimate of drug-likeness (QED) is 0.929. The Labute approximate surface area is 131 Å². The largest absolute Gasteiger partial charge is 0.270 e. The number of hydrogen-bond acceptors (Lipinski definition) is 3. The van der Waals surface area contributed by atoms with E-state index in [9.17, 15) is 22.0 Å². The first-order chi connectivity index (χ1) is 10.9. The van der Waals surface area contributed by atoms with Crippen LogP contribution in [0.2, 0.25) is 0 Å². The van der Waals surface area contributed by atoms with E-state index in [-0.39, 0.29) is 29.0 Å². The van der Waals surface area contributed by atoms with Gasteiger partial charge >= 0.3 is 0 Å². The summed E-state index contributed by atoms with van der Waals surface area (Å²) in [4.78, 5) is 14.4. The molecule has 5 nitrogen and oxygen atoms in total. The second kappa shape index (κ2) is 5.71. The Hall–Kier alpha value is -2.32. The van der Waals surface area contributed by atoms with Crippen molar-refractivity contribution in [1.29, 1.82) is 0 Å². The summed E-state index contributed by atoms with van der Waals surface area (Å²) in [6, 6.07) is 9.54. The summed E-state index contributed by atoms with van der Waals surface area (Å²) in [5.74, 6) is -2.52. The van der Waals surface area contributed by atoms with E-state index in [1.54, 1.807) is 6.07 Å². The number of rotatable bonds is 3. The zero-order chi connectivity index (χ0) is 16.6. The van der Waals surface area contributed by atoms with Crippen molar-refractivity contribution in [3.05, 3.63) is 65.2 Å². The van der Waals surface area contributed by atoms with Crippen LogP contribution in [0.4, 0.5) is 8.78 Å². The fourth-order valence-corrected chi connectivity index (χ4v) is 3.65. The zero-order valence-electron chi connectivity index (χ0n) is 11.8. The van der Waals surface area contributed by atoms with Crippen molar-refractivity contribution in [3.63, 3.8) is 0 Å². The summed E-state index contributed by atoms with van der Waals surface area (Å²) in [5.41, 5.74) is 0.113. The molecule has 0 aromatic heterocycles. The Morgan fingerprint density at radius 3 is 2.57 bits per heavy atom. The standard InChI is InChI=1S/C15H12F2N2O3S/c16-12-6-3-4-10(14(12)17)8-9-19-15(20)11-5-1-2-7-13(11)23(21,22)18-19/h1-7,18H,8-9H2. The minimum absolute atomic E-state index is 0.0278. The van der Waals surface area contributed by atoms with Crippen LogP contribution in [0.25, 0.3) is 0 Å². The van der Waals surface area contributed by atoms with E-state index >= 15 is 0 Å². The van der Waals surface area contributed by atoms with Crippen molar-refractivity contribution >= 4 is 15.9 Å². The van der Waals surface area contributed by atoms with Gasteiger partial charge in [-0.2, -0.15) is 0 Å². The Bertz CT molecular complexity index is 884. The van der Waals surface area contributed by atoms with Crippen LogP contribution in [0.1, 0.15) is 15.9 Å². The molecule has 1 N–H and O–H groups in total. The average Bonchev–Trinajstić information content (AvgIpc) is 2.53. The number of amides is 1. The van der Waals surface area contributed by atoms with Crippen LogP contribution >= 0.6 is 0 Å². The molecule has 2 aromatic rings. The highest BCUT2D eigenvalue weighted by atomic mass is 32.2. The van der Waals surface area contributed by atoms with Gasteiger partial charge in [0.25, 0.3) is 15.9 Å². The van der Waals surface area contributed by atoms with Crippen LogP contribution < -0.4 is 4.83 Å². The molecule has 0 radical (unpaired) electrons. The van der Waals surface area contributed by atoms with E-state index in [0.29, 0.717) is 0 Å². The lowest BCUT2D eigenvalue weighted by atomic mass is 10.1. The number of carbonyl (C=O) groups is 1. The molecule has 1 aliphatic rings. The number of nitrogens with one attached hydrogen (secondary N) is 1. The maximum atomic E-state index is 13.6. The molecule has 0 saturated heterocycles. The lowest BCUT2D eigenvalue weighted by molar-refractivity contribution is 0.0704. The summed E-state index contributed by atoms with van der Waals surface area (Å²) >= 11 is 0. The second-order valence-corrected chi connectivity index (χ2v) is 6.64. The van der Waals surface area contributed by atoms with Crippen molar-refractivity contribution in [1.82, 2.24) is 9.84 Å². The molecule has 0 atom stereocenters. The third-order valence-electron chi connectivity index (χ3n) is 3.52. The molecule has 120 valence electrons. The molecule has 1 heterocycles. The minimum Gasteiger partial charge on any atom is -0.268 e. The number of carbonyl (C=O) groups excluding carboxylic acids is 1. The number of benzene rings is 2. The fourth-order valence-electron chi connectivity index (χ4n) is 2.38. The molecule has 0 bridgehead atoms. The molecule has 1 amide bonds. The van der Waals surface area contributed by atoms with E-state index in [1.807, 2.05) is 0 Å². The van der Waals surface area contributed by atoms with E-state index in [0.717, 1.165) is 11.1 Å². The van der Waals surface area contributed by atoms with E-state index in [2.05, 4.69) is 4.83 Å². The first kappa shape index (κ1) is 15.6. The molecule has 0 unspecified atom stereocenters. The monoisotopic (exact) mass is 338 g/mol. The molecule has 1 aliphatic heterocycles. The van der Waals surface area contributed by atoms with Crippen molar-refractivity contribution in [2.24, 2.45) is 0 Å². The summed E-state index contributed by atoms with van der Waals surface area (Å²) in [5, 5.41) is 0.891. The topological polar surface area (TPSA) is 66.5 Å². The van der Waals surface area contributed by atoms with Crippen molar-refractivity contribution in [2.75, 3.05) is 6.54 Å². The molecule has 23 heavy (non-hydrogen) atoms. The van der Waals surface area contributed by atoms with Crippen molar-refractivity contribution in [3.8, 4) is 0 Å². The zero-order valence-corrected chi connectivity index (χ0v) is 12.6. The van der Waals surface area contributed by atoms with Gasteiger partial charge in [0.15, 0.2) is 11.6 Å². The number of hydrazine groups is 1. The van der Waals surface area contributed by atoms with E-state index < -0.39 is 27.6 Å². The average molecular weight is 338 g/mol. The number of fused-ring (bicyclic) bond motifs is 1. The first-order valence-electron chi connectivity index (χ1n) is 6.76. The SMILES string of the molecule is O=C1c2ccccc2S(=O)(=O)NN1CCc1cccc(F)c1F. The van der Waals surface area contributed by atoms with Gasteiger partial charge in [-0.05, 0) is 30.2 Å². The number of sulfonamides is 1. The highest BCUT2D eigenvalue weighted by Gasteiger charge is 2.33. The molecular formula is C15H12F2N2O3S. The highest BCUT2D eigenvalue weighted by Crippen LogP contribution is 2.22. The predicted molar refractivity (Wildman–Crippen MR) is 77.9 cm³/mol. The third kappa shape index (κ3) is 2.82. The van der Waals surface area contributed by atoms with Gasteiger partial charge in [0.2, 0.25) is 0 Å². The summed E-state index contributed by atoms with van der Waals surface area (Å²) in [6.07, 6.45) is -0.0278. The second-order valence-electron chi connectivity index (χ2n) is 5.01. The van der Waals surface area contributed by atoms with E-state index in [1.165, 1.54) is 30.3 Å². The number of nitrogens with zero attached hydrogens (tertiary/aromatic N) is 1. The summed E-state index contributed by atoms with van der Waals surface area (Å²) in [6.45, 7) is -0.118. The maximum absolute atomic E-state index is 13.6. The van der Waals surface area contributed by atoms with Gasteiger partial charge in [-0.15, -0.1) is 4.83 Å². The minimum atomic E-state index is -3.86. The van der Waals surface area contributed by atoms with E-state index in [4.69, 9.17) is 0 Å². The van der Waals surface area contributed by atoms with Gasteiger partial charge in [-0.1, -0.05) is 24.3 Å². The lowest BCUT2D eigenvalue weighted by Crippen LogP contribution is -2.51. The van der Waals surface area contributed by atoms with Gasteiger partial charge < -0.3 is 0 Å². The molecule has 3 rings (SSSR count). The smallest absolute Gasteiger partial charge is 0.268 e. The van der Waals surface area contributed by atoms with Gasteiger partial charge in [-0.3, -0.25) is 9.80 Å². The Kier molecular flexibility index (Phi) is 3.87. The van der Waals surface area contributed by atoms with Crippen LogP contribution in [-0.2, 0) is 16.4 Å². The van der Waals surface area contributed by atoms with Crippen LogP contribution in [0.5, 0.6) is 0 Å². The predicted octanol–water partition coefficient (Wildman–Crippen LogP) is 1.86. The van der Waals surface area contributed by atoms with Crippen LogP contribution in [0, 0.1) is 11.6 Å². The Balaban J connectivity index is 1.85. The van der Waals surface area contributed by atoms with Gasteiger partial charge in [0.05, 0.1) is 10.5 Å².